The summed E-state index contributed by atoms with van der Waals surface area (Å²) in [4.78, 5) is 12.5. The van der Waals surface area contributed by atoms with Gasteiger partial charge in [-0.1, -0.05) is 12.1 Å². The van der Waals surface area contributed by atoms with Crippen LogP contribution < -0.4 is 0 Å². The van der Waals surface area contributed by atoms with E-state index in [4.69, 9.17) is 0 Å². The van der Waals surface area contributed by atoms with Crippen LogP contribution in [0.25, 0.3) is 5.69 Å². The minimum absolute atomic E-state index is 0.0465. The highest BCUT2D eigenvalue weighted by atomic mass is 19.1. The van der Waals surface area contributed by atoms with Crippen LogP contribution in [-0.4, -0.2) is 15.6 Å². The van der Waals surface area contributed by atoms with Crippen molar-refractivity contribution in [1.82, 2.24) is 9.78 Å². The molecule has 0 fully saturated rings. The Morgan fingerprint density at radius 2 is 1.84 bits per heavy atom. The minimum atomic E-state index is -0.625. The highest BCUT2D eigenvalue weighted by molar-refractivity contribution is 5.98. The average Bonchev–Trinajstić information content (AvgIpc) is 2.98. The van der Waals surface area contributed by atoms with Crippen LogP contribution in [0.4, 0.5) is 8.78 Å². The lowest BCUT2D eigenvalue weighted by Gasteiger charge is -2.23. The summed E-state index contributed by atoms with van der Waals surface area (Å²) in [6.45, 7) is 1.99. The summed E-state index contributed by atoms with van der Waals surface area (Å²) in [6, 6.07) is 11.3. The molecule has 3 nitrogen and oxygen atoms in total. The molecule has 0 bridgehead atoms. The number of benzene rings is 2. The first-order valence-electron chi connectivity index (χ1n) is 8.14. The molecule has 0 spiro atoms. The number of aromatic nitrogens is 2. The van der Waals surface area contributed by atoms with Crippen LogP contribution in [-0.2, 0) is 6.42 Å². The Balaban J connectivity index is 1.77. The van der Waals surface area contributed by atoms with Crippen molar-refractivity contribution in [3.8, 4) is 5.69 Å². The molecular formula is C20H16F2N2O. The monoisotopic (exact) mass is 338 g/mol. The van der Waals surface area contributed by atoms with Gasteiger partial charge in [0.25, 0.3) is 0 Å². The van der Waals surface area contributed by atoms with Crippen LogP contribution in [0, 0.1) is 18.6 Å². The van der Waals surface area contributed by atoms with Crippen LogP contribution >= 0.6 is 0 Å². The van der Waals surface area contributed by atoms with Gasteiger partial charge in [-0.25, -0.2) is 13.5 Å². The van der Waals surface area contributed by atoms with Crippen LogP contribution in [0.15, 0.2) is 48.7 Å². The maximum Gasteiger partial charge on any atom is 0.166 e. The third kappa shape index (κ3) is 2.86. The summed E-state index contributed by atoms with van der Waals surface area (Å²) in [5.74, 6) is -1.55. The molecule has 1 aliphatic rings. The van der Waals surface area contributed by atoms with Crippen molar-refractivity contribution in [1.29, 1.82) is 0 Å². The molecule has 1 aromatic heterocycles. The lowest BCUT2D eigenvalue weighted by molar-refractivity contribution is 0.0963. The zero-order valence-electron chi connectivity index (χ0n) is 13.7. The number of aryl methyl sites for hydroxylation is 1. The van der Waals surface area contributed by atoms with Crippen molar-refractivity contribution in [2.24, 2.45) is 0 Å². The molecule has 2 aromatic carbocycles. The third-order valence-corrected chi connectivity index (χ3v) is 4.64. The largest absolute Gasteiger partial charge is 0.294 e. The molecule has 0 aliphatic heterocycles. The first-order valence-corrected chi connectivity index (χ1v) is 8.14. The Kier molecular flexibility index (Phi) is 3.71. The van der Waals surface area contributed by atoms with E-state index < -0.39 is 11.6 Å². The van der Waals surface area contributed by atoms with E-state index in [0.717, 1.165) is 23.0 Å². The number of carbonyl (C=O) groups is 1. The van der Waals surface area contributed by atoms with Gasteiger partial charge in [0.05, 0.1) is 23.1 Å². The fourth-order valence-corrected chi connectivity index (χ4v) is 3.47. The number of halogens is 2. The Labute approximate surface area is 143 Å². The van der Waals surface area contributed by atoms with Crippen molar-refractivity contribution in [2.45, 2.75) is 25.7 Å². The van der Waals surface area contributed by atoms with Crippen molar-refractivity contribution in [3.63, 3.8) is 0 Å². The van der Waals surface area contributed by atoms with Crippen LogP contribution in [0.2, 0.25) is 0 Å². The zero-order chi connectivity index (χ0) is 17.6. The van der Waals surface area contributed by atoms with Crippen molar-refractivity contribution >= 4 is 5.78 Å². The van der Waals surface area contributed by atoms with Crippen molar-refractivity contribution < 1.29 is 13.6 Å². The molecule has 0 amide bonds. The van der Waals surface area contributed by atoms with E-state index in [1.807, 2.05) is 31.2 Å². The predicted octanol–water partition coefficient (Wildman–Crippen LogP) is 4.37. The third-order valence-electron chi connectivity index (χ3n) is 4.64. The van der Waals surface area contributed by atoms with E-state index in [1.165, 1.54) is 12.1 Å². The van der Waals surface area contributed by atoms with Gasteiger partial charge in [0.15, 0.2) is 5.78 Å². The molecule has 3 aromatic rings. The Bertz CT molecular complexity index is 957. The van der Waals surface area contributed by atoms with E-state index in [1.54, 1.807) is 10.9 Å². The van der Waals surface area contributed by atoms with Gasteiger partial charge in [-0.2, -0.15) is 5.10 Å². The highest BCUT2D eigenvalue weighted by Crippen LogP contribution is 2.34. The van der Waals surface area contributed by atoms with E-state index in [-0.39, 0.29) is 18.1 Å². The topological polar surface area (TPSA) is 34.9 Å². The van der Waals surface area contributed by atoms with Crippen LogP contribution in [0.1, 0.15) is 39.5 Å². The van der Waals surface area contributed by atoms with Gasteiger partial charge < -0.3 is 0 Å². The van der Waals surface area contributed by atoms with E-state index in [0.29, 0.717) is 17.5 Å². The number of carbonyl (C=O) groups excluding carboxylic acids is 1. The van der Waals surface area contributed by atoms with Crippen LogP contribution in [0.3, 0.4) is 0 Å². The second-order valence-electron chi connectivity index (χ2n) is 6.49. The zero-order valence-corrected chi connectivity index (χ0v) is 13.7. The molecule has 1 aliphatic carbocycles. The minimum Gasteiger partial charge on any atom is -0.294 e. The summed E-state index contributed by atoms with van der Waals surface area (Å²) in [5, 5.41) is 4.37. The number of rotatable bonds is 2. The van der Waals surface area contributed by atoms with E-state index in [9.17, 15) is 13.6 Å². The molecule has 0 saturated carbocycles. The first-order chi connectivity index (χ1) is 12.0. The van der Waals surface area contributed by atoms with Gasteiger partial charge in [0, 0.05) is 12.5 Å². The summed E-state index contributed by atoms with van der Waals surface area (Å²) in [7, 11) is 0. The molecule has 1 atom stereocenters. The number of hydrogen-bond donors (Lipinski definition) is 0. The number of hydrogen-bond acceptors (Lipinski definition) is 2. The number of ketones is 1. The standard InChI is InChI=1S/C20H16F2N2O/c1-12-3-2-4-17(5-12)24-19-8-14(9-20(25)18(19)11-23-24)13-6-15(21)10-16(22)7-13/h2-7,10-11,14H,8-9H2,1H3/t14-/m1/s1. The molecule has 126 valence electrons. The van der Waals surface area contributed by atoms with Gasteiger partial charge in [-0.3, -0.25) is 4.79 Å². The first kappa shape index (κ1) is 15.7. The molecule has 0 saturated heterocycles. The average molecular weight is 338 g/mol. The number of Topliss-reactive ketones (excluding diaryl/α,β-unsaturated/α-hetero) is 1. The second-order valence-corrected chi connectivity index (χ2v) is 6.49. The summed E-state index contributed by atoms with van der Waals surface area (Å²) < 4.78 is 28.9. The molecule has 25 heavy (non-hydrogen) atoms. The molecule has 5 heteroatoms. The van der Waals surface area contributed by atoms with E-state index in [2.05, 4.69) is 5.10 Å². The van der Waals surface area contributed by atoms with Crippen LogP contribution in [0.5, 0.6) is 0 Å². The second kappa shape index (κ2) is 5.92. The molecule has 0 unspecified atom stereocenters. The van der Waals surface area contributed by atoms with Crippen molar-refractivity contribution in [3.05, 3.63) is 82.7 Å². The Morgan fingerprint density at radius 3 is 2.56 bits per heavy atom. The SMILES string of the molecule is Cc1cccc(-n2ncc3c2C[C@@H](c2cc(F)cc(F)c2)CC3=O)c1. The van der Waals surface area contributed by atoms with Gasteiger partial charge in [0.1, 0.15) is 11.6 Å². The molecule has 4 rings (SSSR count). The van der Waals surface area contributed by atoms with E-state index >= 15 is 0 Å². The lowest BCUT2D eigenvalue weighted by atomic mass is 9.82. The summed E-state index contributed by atoms with van der Waals surface area (Å²) in [6.07, 6.45) is 2.33. The quantitative estimate of drug-likeness (QED) is 0.695. The van der Waals surface area contributed by atoms with Crippen molar-refractivity contribution in [2.75, 3.05) is 0 Å². The Morgan fingerprint density at radius 1 is 1.08 bits per heavy atom. The highest BCUT2D eigenvalue weighted by Gasteiger charge is 2.30. The molecule has 0 radical (unpaired) electrons. The molecule has 1 heterocycles. The lowest BCUT2D eigenvalue weighted by Crippen LogP contribution is -2.20. The Hall–Kier alpha value is -2.82. The summed E-state index contributed by atoms with van der Waals surface area (Å²) in [5.41, 5.74) is 3.85. The molecular weight excluding hydrogens is 322 g/mol. The number of nitrogens with zero attached hydrogens (tertiary/aromatic N) is 2. The van der Waals surface area contributed by atoms with Gasteiger partial charge in [0.2, 0.25) is 0 Å². The van der Waals surface area contributed by atoms with Gasteiger partial charge in [-0.15, -0.1) is 0 Å². The normalized spacial score (nSPS) is 16.8. The number of fused-ring (bicyclic) bond motifs is 1. The maximum atomic E-state index is 13.6. The molecule has 0 N–H and O–H groups in total. The smallest absolute Gasteiger partial charge is 0.166 e. The van der Waals surface area contributed by atoms with Gasteiger partial charge in [-0.05, 0) is 54.7 Å². The fraction of sp³-hybridized carbons (Fsp3) is 0.200. The van der Waals surface area contributed by atoms with Gasteiger partial charge >= 0.3 is 0 Å². The predicted molar refractivity (Wildman–Crippen MR) is 90.1 cm³/mol. The summed E-state index contributed by atoms with van der Waals surface area (Å²) >= 11 is 0. The fourth-order valence-electron chi connectivity index (χ4n) is 3.47. The maximum absolute atomic E-state index is 13.6.